The maximum atomic E-state index is 11.3. The Balaban J connectivity index is 1.86. The van der Waals surface area contributed by atoms with Gasteiger partial charge in [0.1, 0.15) is 10.3 Å². The molecule has 1 aromatic carbocycles. The molecular formula is C19H16BrCl2N3O2S2. The summed E-state index contributed by atoms with van der Waals surface area (Å²) in [4.78, 5) is 12.5. The van der Waals surface area contributed by atoms with Crippen LogP contribution in [0.4, 0.5) is 0 Å². The van der Waals surface area contributed by atoms with Crippen molar-refractivity contribution in [2.24, 2.45) is 0 Å². The lowest BCUT2D eigenvalue weighted by Gasteiger charge is -2.15. The van der Waals surface area contributed by atoms with Crippen molar-refractivity contribution in [3.63, 3.8) is 0 Å². The molecule has 29 heavy (non-hydrogen) atoms. The van der Waals surface area contributed by atoms with Crippen molar-refractivity contribution in [1.82, 2.24) is 14.8 Å². The SMILES string of the molecule is CC(Sc1nnc(Br)n1-c1sc(-c2ccc(Cl)c(Cl)c2)c2c1CCCC2)C(=O)O. The van der Waals surface area contributed by atoms with Crippen molar-refractivity contribution in [3.05, 3.63) is 44.1 Å². The molecule has 1 atom stereocenters. The molecule has 10 heteroatoms. The zero-order valence-corrected chi connectivity index (χ0v) is 20.0. The van der Waals surface area contributed by atoms with E-state index < -0.39 is 11.2 Å². The van der Waals surface area contributed by atoms with E-state index >= 15 is 0 Å². The summed E-state index contributed by atoms with van der Waals surface area (Å²) in [6.07, 6.45) is 4.21. The van der Waals surface area contributed by atoms with E-state index in [1.807, 2.05) is 22.8 Å². The summed E-state index contributed by atoms with van der Waals surface area (Å²) in [6.45, 7) is 1.64. The van der Waals surface area contributed by atoms with E-state index in [-0.39, 0.29) is 0 Å². The molecule has 152 valence electrons. The minimum absolute atomic E-state index is 0.528. The molecule has 0 bridgehead atoms. The first-order valence-electron chi connectivity index (χ1n) is 8.97. The van der Waals surface area contributed by atoms with E-state index in [1.165, 1.54) is 22.9 Å². The quantitative estimate of drug-likeness (QED) is 0.379. The van der Waals surface area contributed by atoms with Crippen molar-refractivity contribution in [2.75, 3.05) is 0 Å². The average Bonchev–Trinajstić information content (AvgIpc) is 3.24. The lowest BCUT2D eigenvalue weighted by atomic mass is 9.91. The predicted molar refractivity (Wildman–Crippen MR) is 122 cm³/mol. The minimum Gasteiger partial charge on any atom is -0.480 e. The molecule has 1 N–H and O–H groups in total. The highest BCUT2D eigenvalue weighted by Gasteiger charge is 2.27. The van der Waals surface area contributed by atoms with Gasteiger partial charge in [-0.15, -0.1) is 21.5 Å². The number of thioether (sulfide) groups is 1. The molecule has 0 spiro atoms. The Morgan fingerprint density at radius 1 is 1.24 bits per heavy atom. The number of fused-ring (bicyclic) bond motifs is 1. The van der Waals surface area contributed by atoms with E-state index in [9.17, 15) is 9.90 Å². The number of carboxylic acid groups (broad SMARTS) is 1. The maximum absolute atomic E-state index is 11.3. The van der Waals surface area contributed by atoms with E-state index in [1.54, 1.807) is 18.3 Å². The normalized spacial score (nSPS) is 14.6. The van der Waals surface area contributed by atoms with Gasteiger partial charge in [-0.05, 0) is 77.4 Å². The van der Waals surface area contributed by atoms with Crippen LogP contribution in [-0.4, -0.2) is 31.1 Å². The number of benzene rings is 1. The van der Waals surface area contributed by atoms with Crippen LogP contribution >= 0.6 is 62.2 Å². The van der Waals surface area contributed by atoms with Crippen LogP contribution in [-0.2, 0) is 17.6 Å². The largest absolute Gasteiger partial charge is 0.480 e. The number of aromatic nitrogens is 3. The molecule has 0 aliphatic heterocycles. The summed E-state index contributed by atoms with van der Waals surface area (Å²) in [7, 11) is 0. The second kappa shape index (κ2) is 8.59. The van der Waals surface area contributed by atoms with E-state index in [0.29, 0.717) is 19.9 Å². The number of hydrogen-bond donors (Lipinski definition) is 1. The fourth-order valence-electron chi connectivity index (χ4n) is 3.37. The molecule has 1 aliphatic rings. The number of carbonyl (C=O) groups is 1. The fourth-order valence-corrected chi connectivity index (χ4v) is 6.57. The van der Waals surface area contributed by atoms with Crippen LogP contribution in [0.5, 0.6) is 0 Å². The van der Waals surface area contributed by atoms with Gasteiger partial charge in [0.15, 0.2) is 5.16 Å². The lowest BCUT2D eigenvalue weighted by Crippen LogP contribution is -2.13. The summed E-state index contributed by atoms with van der Waals surface area (Å²) < 4.78 is 2.48. The highest BCUT2D eigenvalue weighted by atomic mass is 79.9. The average molecular weight is 533 g/mol. The molecule has 2 heterocycles. The third-order valence-electron chi connectivity index (χ3n) is 4.81. The van der Waals surface area contributed by atoms with Crippen LogP contribution in [0.15, 0.2) is 28.1 Å². The Kier molecular flexibility index (Phi) is 6.27. The summed E-state index contributed by atoms with van der Waals surface area (Å²) in [5.74, 6) is -0.884. The van der Waals surface area contributed by atoms with E-state index in [0.717, 1.165) is 41.1 Å². The summed E-state index contributed by atoms with van der Waals surface area (Å²) in [5, 5.41) is 19.7. The number of halogens is 3. The number of hydrogen-bond acceptors (Lipinski definition) is 5. The predicted octanol–water partition coefficient (Wildman–Crippen LogP) is 6.51. The summed E-state index contributed by atoms with van der Waals surface area (Å²) in [5.41, 5.74) is 3.62. The molecule has 5 nitrogen and oxygen atoms in total. The molecule has 0 fully saturated rings. The van der Waals surface area contributed by atoms with Crippen LogP contribution in [0, 0.1) is 0 Å². The smallest absolute Gasteiger partial charge is 0.316 e. The number of rotatable bonds is 5. The number of thiophene rings is 1. The molecule has 1 aliphatic carbocycles. The van der Waals surface area contributed by atoms with Gasteiger partial charge in [-0.3, -0.25) is 9.36 Å². The minimum atomic E-state index is -0.884. The zero-order valence-electron chi connectivity index (χ0n) is 15.3. The maximum Gasteiger partial charge on any atom is 0.316 e. The first-order chi connectivity index (χ1) is 13.9. The third-order valence-corrected chi connectivity index (χ3v) is 8.40. The molecule has 0 radical (unpaired) electrons. The molecule has 2 aromatic heterocycles. The Hall–Kier alpha value is -1.06. The standard InChI is InChI=1S/C19H16BrCl2N3O2S2/c1-9(17(26)27)28-19-24-23-18(20)25(19)16-12-5-3-2-4-11(12)15(29-16)10-6-7-13(21)14(22)8-10/h6-9H,2-5H2,1H3,(H,26,27). The van der Waals surface area contributed by atoms with Gasteiger partial charge in [0.05, 0.1) is 10.0 Å². The first-order valence-corrected chi connectivity index (χ1v) is 12.2. The van der Waals surface area contributed by atoms with Gasteiger partial charge in [0.25, 0.3) is 0 Å². The molecule has 0 saturated carbocycles. The van der Waals surface area contributed by atoms with Gasteiger partial charge in [0, 0.05) is 4.88 Å². The summed E-state index contributed by atoms with van der Waals surface area (Å²) in [6, 6.07) is 5.71. The van der Waals surface area contributed by atoms with E-state index in [4.69, 9.17) is 23.2 Å². The van der Waals surface area contributed by atoms with Crippen LogP contribution in [0.1, 0.15) is 30.9 Å². The Bertz CT molecular complexity index is 1100. The van der Waals surface area contributed by atoms with Crippen molar-refractivity contribution >= 4 is 68.2 Å². The first kappa shape index (κ1) is 21.2. The molecule has 1 unspecified atom stereocenters. The van der Waals surface area contributed by atoms with Crippen molar-refractivity contribution in [3.8, 4) is 15.4 Å². The highest BCUT2D eigenvalue weighted by molar-refractivity contribution is 9.10. The Morgan fingerprint density at radius 3 is 2.66 bits per heavy atom. The van der Waals surface area contributed by atoms with Crippen LogP contribution in [0.2, 0.25) is 10.0 Å². The second-order valence-electron chi connectivity index (χ2n) is 6.71. The lowest BCUT2D eigenvalue weighted by molar-refractivity contribution is -0.136. The van der Waals surface area contributed by atoms with Crippen molar-refractivity contribution < 1.29 is 9.90 Å². The van der Waals surface area contributed by atoms with Crippen molar-refractivity contribution in [1.29, 1.82) is 0 Å². The topological polar surface area (TPSA) is 68.0 Å². The van der Waals surface area contributed by atoms with Crippen molar-refractivity contribution in [2.45, 2.75) is 43.0 Å². The third kappa shape index (κ3) is 4.10. The molecule has 0 saturated heterocycles. The fraction of sp³-hybridized carbons (Fsp3) is 0.316. The Labute approximate surface area is 194 Å². The summed E-state index contributed by atoms with van der Waals surface area (Å²) >= 11 is 18.7. The van der Waals surface area contributed by atoms with Gasteiger partial charge < -0.3 is 5.11 Å². The molecular weight excluding hydrogens is 517 g/mol. The van der Waals surface area contributed by atoms with Crippen LogP contribution in [0.25, 0.3) is 15.4 Å². The van der Waals surface area contributed by atoms with Crippen LogP contribution < -0.4 is 0 Å². The van der Waals surface area contributed by atoms with Gasteiger partial charge in [0.2, 0.25) is 4.73 Å². The van der Waals surface area contributed by atoms with Gasteiger partial charge >= 0.3 is 5.97 Å². The Morgan fingerprint density at radius 2 is 1.97 bits per heavy atom. The number of nitrogens with zero attached hydrogens (tertiary/aromatic N) is 3. The van der Waals surface area contributed by atoms with Gasteiger partial charge in [-0.2, -0.15) is 0 Å². The van der Waals surface area contributed by atoms with E-state index in [2.05, 4.69) is 26.1 Å². The second-order valence-corrected chi connectivity index (χ2v) is 10.5. The number of carboxylic acids is 1. The zero-order chi connectivity index (χ0) is 20.7. The number of aliphatic carboxylic acids is 1. The monoisotopic (exact) mass is 531 g/mol. The molecule has 4 rings (SSSR count). The van der Waals surface area contributed by atoms with Gasteiger partial charge in [-0.1, -0.05) is 41.0 Å². The molecule has 0 amide bonds. The molecule has 3 aromatic rings. The van der Waals surface area contributed by atoms with Crippen LogP contribution in [0.3, 0.4) is 0 Å². The van der Waals surface area contributed by atoms with Gasteiger partial charge in [-0.25, -0.2) is 0 Å². The highest BCUT2D eigenvalue weighted by Crippen LogP contribution is 2.45.